The second kappa shape index (κ2) is 8.84. The van der Waals surface area contributed by atoms with Gasteiger partial charge < -0.3 is 14.6 Å². The van der Waals surface area contributed by atoms with E-state index in [1.54, 1.807) is 31.3 Å². The molecule has 0 bridgehead atoms. The number of halogens is 2. The van der Waals surface area contributed by atoms with E-state index in [0.717, 1.165) is 10.0 Å². The van der Waals surface area contributed by atoms with Crippen LogP contribution < -0.4 is 11.1 Å². The number of aromatic nitrogens is 1. The molecule has 0 atom stereocenters. The highest BCUT2D eigenvalue weighted by Crippen LogP contribution is 2.20. The van der Waals surface area contributed by atoms with Crippen molar-refractivity contribution in [3.8, 4) is 0 Å². The Bertz CT molecular complexity index is 1140. The standard InChI is InChI=1S/C20H19BrClN3O4/c1-12-9-13(21)3-5-15(12)23-18(26)11-24(2)19(27)7-8-25-16-6-4-14(22)10-17(16)29-20(25)28/h3-6,9-10H,7-8,11H2,1-2H3,(H,23,26). The van der Waals surface area contributed by atoms with Crippen LogP contribution in [0.3, 0.4) is 0 Å². The third-order valence-electron chi connectivity index (χ3n) is 4.45. The fraction of sp³-hybridized carbons (Fsp3) is 0.250. The molecule has 0 spiro atoms. The first-order chi connectivity index (χ1) is 13.7. The summed E-state index contributed by atoms with van der Waals surface area (Å²) >= 11 is 9.28. The summed E-state index contributed by atoms with van der Waals surface area (Å²) in [6.45, 7) is 1.93. The fourth-order valence-electron chi connectivity index (χ4n) is 2.91. The first kappa shape index (κ1) is 21.1. The van der Waals surface area contributed by atoms with E-state index in [4.69, 9.17) is 16.0 Å². The number of hydrogen-bond acceptors (Lipinski definition) is 4. The van der Waals surface area contributed by atoms with Gasteiger partial charge in [-0.3, -0.25) is 14.2 Å². The molecule has 1 heterocycles. The normalized spacial score (nSPS) is 10.9. The Morgan fingerprint density at radius 2 is 2.00 bits per heavy atom. The summed E-state index contributed by atoms with van der Waals surface area (Å²) in [7, 11) is 1.55. The maximum atomic E-state index is 12.4. The Morgan fingerprint density at radius 3 is 2.72 bits per heavy atom. The van der Waals surface area contributed by atoms with Gasteiger partial charge in [-0.05, 0) is 42.8 Å². The molecule has 2 amide bonds. The number of benzene rings is 2. The summed E-state index contributed by atoms with van der Waals surface area (Å²) in [6, 6.07) is 10.4. The van der Waals surface area contributed by atoms with Crippen molar-refractivity contribution in [3.05, 3.63) is 62.0 Å². The number of oxazole rings is 1. The molecule has 9 heteroatoms. The fourth-order valence-corrected chi connectivity index (χ4v) is 3.55. The van der Waals surface area contributed by atoms with Crippen molar-refractivity contribution in [1.29, 1.82) is 0 Å². The van der Waals surface area contributed by atoms with Gasteiger partial charge in [0, 0.05) is 41.3 Å². The highest BCUT2D eigenvalue weighted by molar-refractivity contribution is 9.10. The minimum absolute atomic E-state index is 0.0538. The average Bonchev–Trinajstić information content (AvgIpc) is 2.96. The molecule has 2 aromatic carbocycles. The van der Waals surface area contributed by atoms with Crippen molar-refractivity contribution in [2.45, 2.75) is 19.9 Å². The van der Waals surface area contributed by atoms with E-state index in [1.165, 1.54) is 9.47 Å². The van der Waals surface area contributed by atoms with E-state index in [2.05, 4.69) is 21.2 Å². The Hall–Kier alpha value is -2.58. The zero-order chi connectivity index (χ0) is 21.1. The zero-order valence-corrected chi connectivity index (χ0v) is 18.2. The smallest absolute Gasteiger partial charge is 0.408 e. The van der Waals surface area contributed by atoms with Gasteiger partial charge in [0.2, 0.25) is 11.8 Å². The number of fused-ring (bicyclic) bond motifs is 1. The lowest BCUT2D eigenvalue weighted by Crippen LogP contribution is -2.35. The van der Waals surface area contributed by atoms with Crippen LogP contribution in [0.1, 0.15) is 12.0 Å². The van der Waals surface area contributed by atoms with Gasteiger partial charge in [0.15, 0.2) is 5.58 Å². The molecule has 0 aliphatic heterocycles. The van der Waals surface area contributed by atoms with Crippen LogP contribution in [0.4, 0.5) is 5.69 Å². The molecular weight excluding hydrogens is 462 g/mol. The number of amides is 2. The molecule has 0 saturated carbocycles. The Balaban J connectivity index is 1.59. The van der Waals surface area contributed by atoms with E-state index in [9.17, 15) is 14.4 Å². The maximum absolute atomic E-state index is 12.4. The van der Waals surface area contributed by atoms with Crippen molar-refractivity contribution in [2.75, 3.05) is 18.9 Å². The number of carbonyl (C=O) groups excluding carboxylic acids is 2. The predicted molar refractivity (Wildman–Crippen MR) is 115 cm³/mol. The summed E-state index contributed by atoms with van der Waals surface area (Å²) < 4.78 is 7.45. The van der Waals surface area contributed by atoms with Crippen LogP contribution in [0.2, 0.25) is 5.02 Å². The molecule has 7 nitrogen and oxygen atoms in total. The molecular formula is C20H19BrClN3O4. The summed E-state index contributed by atoms with van der Waals surface area (Å²) in [5, 5.41) is 3.25. The van der Waals surface area contributed by atoms with Crippen molar-refractivity contribution in [3.63, 3.8) is 0 Å². The third kappa shape index (κ3) is 5.07. The molecule has 29 heavy (non-hydrogen) atoms. The molecule has 0 radical (unpaired) electrons. The second-order valence-electron chi connectivity index (χ2n) is 6.64. The number of rotatable bonds is 6. The quantitative estimate of drug-likeness (QED) is 0.581. The minimum atomic E-state index is -0.554. The highest BCUT2D eigenvalue weighted by Gasteiger charge is 2.16. The molecule has 0 aliphatic carbocycles. The Kier molecular flexibility index (Phi) is 6.44. The summed E-state index contributed by atoms with van der Waals surface area (Å²) in [6.07, 6.45) is 0.0538. The first-order valence-corrected chi connectivity index (χ1v) is 10.0. The van der Waals surface area contributed by atoms with Gasteiger partial charge in [0.25, 0.3) is 0 Å². The van der Waals surface area contributed by atoms with Crippen LogP contribution in [0.5, 0.6) is 0 Å². The van der Waals surface area contributed by atoms with Crippen LogP contribution in [-0.4, -0.2) is 34.9 Å². The first-order valence-electron chi connectivity index (χ1n) is 8.83. The molecule has 1 N–H and O–H groups in total. The van der Waals surface area contributed by atoms with Crippen molar-refractivity contribution >= 4 is 56.1 Å². The summed E-state index contributed by atoms with van der Waals surface area (Å²) in [5.74, 6) is -1.11. The number of anilines is 1. The van der Waals surface area contributed by atoms with Gasteiger partial charge >= 0.3 is 5.76 Å². The minimum Gasteiger partial charge on any atom is -0.408 e. The lowest BCUT2D eigenvalue weighted by Gasteiger charge is -2.17. The lowest BCUT2D eigenvalue weighted by molar-refractivity contribution is -0.133. The second-order valence-corrected chi connectivity index (χ2v) is 7.99. The molecule has 152 valence electrons. The number of likely N-dealkylation sites (N-methyl/N-ethyl adjacent to an activating group) is 1. The molecule has 0 fully saturated rings. The van der Waals surface area contributed by atoms with Gasteiger partial charge in [0.05, 0.1) is 12.1 Å². The number of carbonyl (C=O) groups is 2. The van der Waals surface area contributed by atoms with Crippen molar-refractivity contribution in [2.24, 2.45) is 0 Å². The topological polar surface area (TPSA) is 84.5 Å². The van der Waals surface area contributed by atoms with Crippen LogP contribution in [-0.2, 0) is 16.1 Å². The van der Waals surface area contributed by atoms with Gasteiger partial charge in [-0.15, -0.1) is 0 Å². The third-order valence-corrected chi connectivity index (χ3v) is 5.18. The van der Waals surface area contributed by atoms with Crippen LogP contribution in [0.25, 0.3) is 11.1 Å². The number of nitrogens with one attached hydrogen (secondary N) is 1. The van der Waals surface area contributed by atoms with Gasteiger partial charge in [-0.2, -0.15) is 0 Å². The summed E-state index contributed by atoms with van der Waals surface area (Å²) in [4.78, 5) is 38.0. The van der Waals surface area contributed by atoms with Gasteiger partial charge in [0.1, 0.15) is 0 Å². The van der Waals surface area contributed by atoms with E-state index in [1.807, 2.05) is 19.1 Å². The molecule has 3 rings (SSSR count). The largest absolute Gasteiger partial charge is 0.419 e. The number of hydrogen-bond donors (Lipinski definition) is 1. The molecule has 0 aliphatic rings. The SMILES string of the molecule is Cc1cc(Br)ccc1NC(=O)CN(C)C(=O)CCn1c(=O)oc2cc(Cl)ccc21. The van der Waals surface area contributed by atoms with E-state index < -0.39 is 5.76 Å². The maximum Gasteiger partial charge on any atom is 0.419 e. The van der Waals surface area contributed by atoms with Gasteiger partial charge in [-0.25, -0.2) is 4.79 Å². The number of aryl methyl sites for hydroxylation is 2. The monoisotopic (exact) mass is 479 g/mol. The molecule has 0 saturated heterocycles. The Morgan fingerprint density at radius 1 is 1.24 bits per heavy atom. The van der Waals surface area contributed by atoms with Crippen molar-refractivity contribution < 1.29 is 14.0 Å². The van der Waals surface area contributed by atoms with E-state index in [0.29, 0.717) is 21.8 Å². The average molecular weight is 481 g/mol. The lowest BCUT2D eigenvalue weighted by atomic mass is 10.2. The van der Waals surface area contributed by atoms with Crippen LogP contribution in [0.15, 0.2) is 50.1 Å². The number of nitrogens with zero attached hydrogens (tertiary/aromatic N) is 2. The van der Waals surface area contributed by atoms with Gasteiger partial charge in [-0.1, -0.05) is 27.5 Å². The molecule has 3 aromatic rings. The predicted octanol–water partition coefficient (Wildman–Crippen LogP) is 3.81. The molecule has 0 unspecified atom stereocenters. The zero-order valence-electron chi connectivity index (χ0n) is 15.9. The van der Waals surface area contributed by atoms with E-state index >= 15 is 0 Å². The molecule has 1 aromatic heterocycles. The van der Waals surface area contributed by atoms with Crippen molar-refractivity contribution in [1.82, 2.24) is 9.47 Å². The highest BCUT2D eigenvalue weighted by atomic mass is 79.9. The van der Waals surface area contributed by atoms with Crippen LogP contribution in [0, 0.1) is 6.92 Å². The Labute approximate surface area is 180 Å². The van der Waals surface area contributed by atoms with E-state index in [-0.39, 0.29) is 31.3 Å². The van der Waals surface area contributed by atoms with Crippen LogP contribution >= 0.6 is 27.5 Å². The summed E-state index contributed by atoms with van der Waals surface area (Å²) in [5.41, 5.74) is 2.54.